The van der Waals surface area contributed by atoms with Gasteiger partial charge in [-0.1, -0.05) is 47.7 Å². The minimum absolute atomic E-state index is 0.0555. The number of dihydropyridines is 1. The van der Waals surface area contributed by atoms with E-state index in [2.05, 4.69) is 16.7 Å². The number of hydrogen-bond donors (Lipinski definition) is 2. The van der Waals surface area contributed by atoms with Crippen LogP contribution >= 0.6 is 11.8 Å². The molecule has 2 aromatic rings. The number of carbonyl (C=O) groups is 2. The van der Waals surface area contributed by atoms with E-state index in [4.69, 9.17) is 4.74 Å². The lowest BCUT2D eigenvalue weighted by Gasteiger charge is -2.33. The van der Waals surface area contributed by atoms with Crippen LogP contribution in [0.25, 0.3) is 0 Å². The number of nitrogens with one attached hydrogen (secondary N) is 2. The van der Waals surface area contributed by atoms with Crippen LogP contribution in [0.1, 0.15) is 54.4 Å². The van der Waals surface area contributed by atoms with Gasteiger partial charge in [-0.25, -0.2) is 0 Å². The highest BCUT2D eigenvalue weighted by atomic mass is 32.2. The monoisotopic (exact) mass is 501 g/mol. The van der Waals surface area contributed by atoms with E-state index in [0.717, 1.165) is 46.5 Å². The lowest BCUT2D eigenvalue weighted by Crippen LogP contribution is -2.32. The van der Waals surface area contributed by atoms with Gasteiger partial charge in [0.2, 0.25) is 5.91 Å². The van der Waals surface area contributed by atoms with Crippen LogP contribution in [0.15, 0.2) is 58.3 Å². The number of hydrogen-bond acceptors (Lipinski definition) is 6. The van der Waals surface area contributed by atoms with Gasteiger partial charge < -0.3 is 15.4 Å². The number of nitriles is 1. The second-order valence-corrected chi connectivity index (χ2v) is 10.1. The summed E-state index contributed by atoms with van der Waals surface area (Å²) in [4.78, 5) is 26.0. The highest BCUT2D eigenvalue weighted by Crippen LogP contribution is 2.46. The molecule has 7 heteroatoms. The van der Waals surface area contributed by atoms with Crippen LogP contribution in [0.4, 0.5) is 5.69 Å². The van der Waals surface area contributed by atoms with Crippen LogP contribution in [0.3, 0.4) is 0 Å². The number of benzene rings is 2. The first-order valence-corrected chi connectivity index (χ1v) is 13.2. The second-order valence-electron chi connectivity index (χ2n) is 9.16. The molecule has 2 N–H and O–H groups in total. The lowest BCUT2D eigenvalue weighted by atomic mass is 9.76. The number of carbonyl (C=O) groups excluding carboxylic acids is 2. The van der Waals surface area contributed by atoms with E-state index < -0.39 is 5.92 Å². The third kappa shape index (κ3) is 5.19. The zero-order chi connectivity index (χ0) is 25.8. The molecule has 0 aromatic heterocycles. The predicted molar refractivity (Wildman–Crippen MR) is 144 cm³/mol. The van der Waals surface area contributed by atoms with Crippen LogP contribution < -0.4 is 15.4 Å². The predicted octanol–water partition coefficient (Wildman–Crippen LogP) is 5.81. The SMILES string of the molecule is CCOc1ccccc1C1C(C#N)=C(SCC(=O)Nc2c(C)cc(C)cc2C)NC2=C1C(=O)CCC2. The summed E-state index contributed by atoms with van der Waals surface area (Å²) >= 11 is 1.29. The molecule has 36 heavy (non-hydrogen) atoms. The minimum atomic E-state index is -0.519. The van der Waals surface area contributed by atoms with Crippen molar-refractivity contribution in [2.75, 3.05) is 17.7 Å². The minimum Gasteiger partial charge on any atom is -0.494 e. The van der Waals surface area contributed by atoms with Crippen molar-refractivity contribution in [3.05, 3.63) is 80.5 Å². The number of anilines is 1. The van der Waals surface area contributed by atoms with E-state index in [-0.39, 0.29) is 17.4 Å². The molecule has 0 radical (unpaired) electrons. The Balaban J connectivity index is 1.65. The normalized spacial score (nSPS) is 17.3. The number of thioether (sulfide) groups is 1. The topological polar surface area (TPSA) is 91.2 Å². The fraction of sp³-hybridized carbons (Fsp3) is 0.345. The zero-order valence-electron chi connectivity index (χ0n) is 21.2. The van der Waals surface area contributed by atoms with Gasteiger partial charge in [-0.15, -0.1) is 0 Å². The average molecular weight is 502 g/mol. The van der Waals surface area contributed by atoms with Gasteiger partial charge in [-0.3, -0.25) is 9.59 Å². The molecule has 0 saturated carbocycles. The van der Waals surface area contributed by atoms with E-state index in [1.807, 2.05) is 64.1 Å². The molecule has 0 spiro atoms. The number of nitrogens with zero attached hydrogens (tertiary/aromatic N) is 1. The van der Waals surface area contributed by atoms with E-state index in [0.29, 0.717) is 35.0 Å². The van der Waals surface area contributed by atoms with Gasteiger partial charge in [0.25, 0.3) is 0 Å². The van der Waals surface area contributed by atoms with Crippen molar-refractivity contribution in [3.63, 3.8) is 0 Å². The Labute approximate surface area is 216 Å². The van der Waals surface area contributed by atoms with Crippen LogP contribution in [-0.2, 0) is 9.59 Å². The summed E-state index contributed by atoms with van der Waals surface area (Å²) in [5.74, 6) is 0.190. The molecular formula is C29H31N3O3S. The molecular weight excluding hydrogens is 470 g/mol. The molecule has 2 aliphatic rings. The molecule has 1 aliphatic carbocycles. The molecule has 0 bridgehead atoms. The molecule has 4 rings (SSSR count). The summed E-state index contributed by atoms with van der Waals surface area (Å²) in [6, 6.07) is 14.0. The van der Waals surface area contributed by atoms with E-state index in [1.165, 1.54) is 11.8 Å². The third-order valence-corrected chi connectivity index (χ3v) is 7.50. The molecule has 6 nitrogen and oxygen atoms in total. The molecule has 2 aromatic carbocycles. The molecule has 1 amide bonds. The van der Waals surface area contributed by atoms with E-state index in [1.54, 1.807) is 0 Å². The van der Waals surface area contributed by atoms with Crippen molar-refractivity contribution in [2.24, 2.45) is 0 Å². The maximum atomic E-state index is 13.1. The molecule has 1 unspecified atom stereocenters. The number of aryl methyl sites for hydroxylation is 3. The number of ketones is 1. The third-order valence-electron chi connectivity index (χ3n) is 6.48. The first kappa shape index (κ1) is 25.6. The maximum absolute atomic E-state index is 13.1. The molecule has 1 aliphatic heterocycles. The van der Waals surface area contributed by atoms with E-state index >= 15 is 0 Å². The fourth-order valence-corrected chi connectivity index (χ4v) is 5.91. The molecule has 1 atom stereocenters. The smallest absolute Gasteiger partial charge is 0.234 e. The largest absolute Gasteiger partial charge is 0.494 e. The first-order valence-electron chi connectivity index (χ1n) is 12.2. The van der Waals surface area contributed by atoms with Gasteiger partial charge in [0.15, 0.2) is 5.78 Å². The number of para-hydroxylation sites is 1. The van der Waals surface area contributed by atoms with Crippen molar-refractivity contribution < 1.29 is 14.3 Å². The van der Waals surface area contributed by atoms with Crippen molar-refractivity contribution in [2.45, 2.75) is 52.9 Å². The summed E-state index contributed by atoms with van der Waals surface area (Å²) in [5.41, 5.74) is 6.73. The highest BCUT2D eigenvalue weighted by molar-refractivity contribution is 8.03. The van der Waals surface area contributed by atoms with Gasteiger partial charge in [0, 0.05) is 28.9 Å². The van der Waals surface area contributed by atoms with Gasteiger partial charge >= 0.3 is 0 Å². The quantitative estimate of drug-likeness (QED) is 0.497. The van der Waals surface area contributed by atoms with Gasteiger partial charge in [-0.05, 0) is 57.7 Å². The van der Waals surface area contributed by atoms with Crippen LogP contribution in [0.2, 0.25) is 0 Å². The lowest BCUT2D eigenvalue weighted by molar-refractivity contribution is -0.116. The Hall–Kier alpha value is -3.50. The van der Waals surface area contributed by atoms with Crippen LogP contribution in [0, 0.1) is 32.1 Å². The van der Waals surface area contributed by atoms with Crippen LogP contribution in [0.5, 0.6) is 5.75 Å². The summed E-state index contributed by atoms with van der Waals surface area (Å²) in [6.45, 7) is 8.39. The number of rotatable bonds is 7. The Morgan fingerprint density at radius 2 is 1.92 bits per heavy atom. The number of Topliss-reactive ketones (excluding diaryl/α,β-unsaturated/α-hetero) is 1. The Morgan fingerprint density at radius 1 is 1.19 bits per heavy atom. The number of allylic oxidation sites excluding steroid dienone is 3. The van der Waals surface area contributed by atoms with Crippen molar-refractivity contribution in [3.8, 4) is 11.8 Å². The summed E-state index contributed by atoms with van der Waals surface area (Å²) < 4.78 is 5.87. The number of amides is 1. The van der Waals surface area contributed by atoms with Gasteiger partial charge in [0.05, 0.1) is 34.9 Å². The fourth-order valence-electron chi connectivity index (χ4n) is 5.04. The molecule has 0 saturated heterocycles. The average Bonchev–Trinajstić information content (AvgIpc) is 2.85. The molecule has 0 fully saturated rings. The molecule has 1 heterocycles. The van der Waals surface area contributed by atoms with Gasteiger partial charge in [0.1, 0.15) is 5.75 Å². The highest BCUT2D eigenvalue weighted by Gasteiger charge is 2.38. The van der Waals surface area contributed by atoms with Gasteiger partial charge in [-0.2, -0.15) is 5.26 Å². The Bertz CT molecular complexity index is 1300. The summed E-state index contributed by atoms with van der Waals surface area (Å²) in [7, 11) is 0. The van der Waals surface area contributed by atoms with Crippen molar-refractivity contribution in [1.82, 2.24) is 5.32 Å². The van der Waals surface area contributed by atoms with E-state index in [9.17, 15) is 14.9 Å². The molecule has 186 valence electrons. The zero-order valence-corrected chi connectivity index (χ0v) is 22.0. The Kier molecular flexibility index (Phi) is 7.85. The van der Waals surface area contributed by atoms with Crippen molar-refractivity contribution in [1.29, 1.82) is 5.26 Å². The van der Waals surface area contributed by atoms with Crippen molar-refractivity contribution >= 4 is 29.1 Å². The van der Waals surface area contributed by atoms with Crippen LogP contribution in [-0.4, -0.2) is 24.1 Å². The summed E-state index contributed by atoms with van der Waals surface area (Å²) in [6.07, 6.45) is 1.95. The standard InChI is InChI=1S/C29H31N3O3S/c1-5-35-24-12-7-6-9-20(24)26-21(15-30)29(31-22-10-8-11-23(33)27(22)26)36-16-25(34)32-28-18(3)13-17(2)14-19(28)4/h6-7,9,12-14,26,31H,5,8,10-11,16H2,1-4H3,(H,32,34). The first-order chi connectivity index (χ1) is 17.3. The number of ether oxygens (including phenoxy) is 1. The maximum Gasteiger partial charge on any atom is 0.234 e. The Morgan fingerprint density at radius 3 is 2.61 bits per heavy atom. The summed E-state index contributed by atoms with van der Waals surface area (Å²) in [5, 5.41) is 17.3. The second kappa shape index (κ2) is 11.0.